The fourth-order valence-electron chi connectivity index (χ4n) is 3.29. The van der Waals surface area contributed by atoms with E-state index in [1.807, 2.05) is 24.3 Å². The topological polar surface area (TPSA) is 44.0 Å². The lowest BCUT2D eigenvalue weighted by Gasteiger charge is -2.13. The summed E-state index contributed by atoms with van der Waals surface area (Å²) in [6.45, 7) is 8.66. The van der Waals surface area contributed by atoms with Crippen molar-refractivity contribution in [2.45, 2.75) is 46.0 Å². The Morgan fingerprint density at radius 2 is 1.57 bits per heavy atom. The highest BCUT2D eigenvalue weighted by Crippen LogP contribution is 2.23. The summed E-state index contributed by atoms with van der Waals surface area (Å²) in [5.41, 5.74) is 5.70. The fourth-order valence-corrected chi connectivity index (χ4v) is 3.29. The van der Waals surface area contributed by atoms with Crippen molar-refractivity contribution in [2.24, 2.45) is 0 Å². The van der Waals surface area contributed by atoms with Gasteiger partial charge in [-0.25, -0.2) is 0 Å². The number of rotatable bonds is 2. The van der Waals surface area contributed by atoms with Crippen LogP contribution in [-0.4, -0.2) is 5.78 Å². The largest absolute Gasteiger partial charge is 0.618 e. The third kappa shape index (κ3) is 4.48. The molecule has 0 amide bonds. The molecule has 4 rings (SSSR count). The van der Waals surface area contributed by atoms with Gasteiger partial charge in [-0.05, 0) is 52.3 Å². The molecule has 1 aliphatic rings. The molecule has 0 unspecified atom stereocenters. The molecule has 3 heteroatoms. The first-order chi connectivity index (χ1) is 13.3. The molecule has 144 valence electrons. The number of ketones is 1. The Bertz CT molecular complexity index is 1030. The molecule has 1 heterocycles. The minimum Gasteiger partial charge on any atom is -0.618 e. The predicted molar refractivity (Wildman–Crippen MR) is 115 cm³/mol. The number of pyridine rings is 1. The first-order valence-electron chi connectivity index (χ1n) is 9.80. The van der Waals surface area contributed by atoms with E-state index in [4.69, 9.17) is 0 Å². The molecule has 1 aliphatic carbocycles. The summed E-state index contributed by atoms with van der Waals surface area (Å²) in [6, 6.07) is 16.1. The monoisotopic (exact) mass is 373 g/mol. The van der Waals surface area contributed by atoms with Gasteiger partial charge in [-0.2, -0.15) is 4.73 Å². The Kier molecular flexibility index (Phi) is 5.93. The summed E-state index contributed by atoms with van der Waals surface area (Å²) in [5.74, 6) is 1.25. The van der Waals surface area contributed by atoms with Crippen LogP contribution in [0.15, 0.2) is 60.8 Å². The van der Waals surface area contributed by atoms with Crippen molar-refractivity contribution in [3.63, 3.8) is 0 Å². The molecule has 3 aromatic rings. The van der Waals surface area contributed by atoms with E-state index in [0.29, 0.717) is 18.3 Å². The van der Waals surface area contributed by atoms with Crippen molar-refractivity contribution in [1.82, 2.24) is 0 Å². The first-order valence-corrected chi connectivity index (χ1v) is 9.80. The standard InChI is InChI=1S/C13H14O.C12H13NO/c1-9(2)10-3-4-12-8-13(14)6-5-11(12)7-10;1-9(2)10-5-6-12-11(8-10)4-3-7-13(12)14/h3-7,9H,8H2,1-2H3;3-9H,1-2H3. The van der Waals surface area contributed by atoms with Crippen molar-refractivity contribution < 1.29 is 9.52 Å². The first kappa shape index (κ1) is 19.8. The molecule has 1 aromatic heterocycles. The second-order valence-corrected chi connectivity index (χ2v) is 7.90. The Labute approximate surface area is 166 Å². The lowest BCUT2D eigenvalue weighted by molar-refractivity contribution is -0.577. The molecule has 28 heavy (non-hydrogen) atoms. The highest BCUT2D eigenvalue weighted by atomic mass is 16.5. The molecule has 0 saturated heterocycles. The average molecular weight is 373 g/mol. The van der Waals surface area contributed by atoms with Crippen LogP contribution in [0.1, 0.15) is 61.8 Å². The maximum atomic E-state index is 11.4. The van der Waals surface area contributed by atoms with Gasteiger partial charge in [0.25, 0.3) is 0 Å². The van der Waals surface area contributed by atoms with Gasteiger partial charge in [0, 0.05) is 23.9 Å². The van der Waals surface area contributed by atoms with Crippen molar-refractivity contribution in [2.75, 3.05) is 0 Å². The van der Waals surface area contributed by atoms with Gasteiger partial charge in [-0.15, -0.1) is 0 Å². The molecule has 2 aromatic carbocycles. The third-order valence-corrected chi connectivity index (χ3v) is 5.10. The van der Waals surface area contributed by atoms with Crippen LogP contribution in [0.4, 0.5) is 0 Å². The SMILES string of the molecule is CC(C)c1ccc2c(c1)C=CC(=O)C2.CC(C)c1ccc2c(ccc[n+]2[O-])c1. The number of fused-ring (bicyclic) bond motifs is 2. The van der Waals surface area contributed by atoms with E-state index < -0.39 is 0 Å². The molecular weight excluding hydrogens is 346 g/mol. The van der Waals surface area contributed by atoms with Gasteiger partial charge in [0.15, 0.2) is 12.0 Å². The molecule has 3 nitrogen and oxygen atoms in total. The van der Waals surface area contributed by atoms with Crippen LogP contribution in [0.3, 0.4) is 0 Å². The maximum absolute atomic E-state index is 11.4. The zero-order chi connectivity index (χ0) is 20.3. The highest BCUT2D eigenvalue weighted by Gasteiger charge is 2.11. The number of nitrogens with zero attached hydrogens (tertiary/aromatic N) is 1. The lowest BCUT2D eigenvalue weighted by atomic mass is 9.92. The minimum atomic E-state index is 0.204. The maximum Gasteiger partial charge on any atom is 0.223 e. The zero-order valence-corrected chi connectivity index (χ0v) is 17.0. The Morgan fingerprint density at radius 3 is 2.29 bits per heavy atom. The normalized spacial score (nSPS) is 12.9. The number of hydrogen-bond donors (Lipinski definition) is 0. The molecule has 0 N–H and O–H groups in total. The molecule has 0 fully saturated rings. The van der Waals surface area contributed by atoms with Gasteiger partial charge in [-0.3, -0.25) is 4.79 Å². The smallest absolute Gasteiger partial charge is 0.223 e. The van der Waals surface area contributed by atoms with E-state index >= 15 is 0 Å². The highest BCUT2D eigenvalue weighted by molar-refractivity contribution is 5.98. The third-order valence-electron chi connectivity index (χ3n) is 5.10. The predicted octanol–water partition coefficient (Wildman–Crippen LogP) is 5.55. The van der Waals surface area contributed by atoms with Crippen LogP contribution in [0, 0.1) is 5.21 Å². The van der Waals surface area contributed by atoms with Crippen molar-refractivity contribution >= 4 is 22.8 Å². The molecule has 0 aliphatic heterocycles. The van der Waals surface area contributed by atoms with E-state index in [-0.39, 0.29) is 5.78 Å². The van der Waals surface area contributed by atoms with E-state index in [0.717, 1.165) is 21.2 Å². The number of hydrogen-bond acceptors (Lipinski definition) is 2. The van der Waals surface area contributed by atoms with Crippen molar-refractivity contribution in [3.05, 3.63) is 88.3 Å². The number of benzene rings is 2. The quantitative estimate of drug-likeness (QED) is 0.437. The van der Waals surface area contributed by atoms with E-state index in [9.17, 15) is 10.0 Å². The van der Waals surface area contributed by atoms with Crippen molar-refractivity contribution in [3.8, 4) is 0 Å². The van der Waals surface area contributed by atoms with E-state index in [1.165, 1.54) is 22.9 Å². The molecule has 0 radical (unpaired) electrons. The zero-order valence-electron chi connectivity index (χ0n) is 17.0. The second kappa shape index (κ2) is 8.39. The lowest BCUT2D eigenvalue weighted by Crippen LogP contribution is -2.25. The Hall–Kier alpha value is -2.94. The number of aromatic nitrogens is 1. The summed E-state index contributed by atoms with van der Waals surface area (Å²) in [7, 11) is 0. The van der Waals surface area contributed by atoms with Crippen LogP contribution in [0.2, 0.25) is 0 Å². The minimum absolute atomic E-state index is 0.204. The molecule has 0 spiro atoms. The molecule has 0 saturated carbocycles. The second-order valence-electron chi connectivity index (χ2n) is 7.90. The fraction of sp³-hybridized carbons (Fsp3) is 0.280. The molecule has 0 atom stereocenters. The van der Waals surface area contributed by atoms with Crippen LogP contribution in [0.5, 0.6) is 0 Å². The van der Waals surface area contributed by atoms with E-state index in [2.05, 4.69) is 52.0 Å². The van der Waals surface area contributed by atoms with Gasteiger partial charge >= 0.3 is 0 Å². The Morgan fingerprint density at radius 1 is 0.893 bits per heavy atom. The molecule has 0 bridgehead atoms. The van der Waals surface area contributed by atoms with Gasteiger partial charge in [0.1, 0.15) is 0 Å². The Balaban J connectivity index is 0.000000161. The van der Waals surface area contributed by atoms with Crippen LogP contribution < -0.4 is 4.73 Å². The number of carbonyl (C=O) groups excluding carboxylic acids is 1. The summed E-state index contributed by atoms with van der Waals surface area (Å²) in [4.78, 5) is 11.2. The van der Waals surface area contributed by atoms with Gasteiger partial charge in [0.05, 0.1) is 0 Å². The van der Waals surface area contributed by atoms with Gasteiger partial charge < -0.3 is 5.21 Å². The summed E-state index contributed by atoms with van der Waals surface area (Å²) in [6.07, 6.45) is 5.68. The summed E-state index contributed by atoms with van der Waals surface area (Å²) >= 11 is 0. The average Bonchev–Trinajstić information content (AvgIpc) is 2.68. The van der Waals surface area contributed by atoms with Crippen LogP contribution in [-0.2, 0) is 11.2 Å². The van der Waals surface area contributed by atoms with Gasteiger partial charge in [-0.1, -0.05) is 58.0 Å². The van der Waals surface area contributed by atoms with Crippen LogP contribution in [0.25, 0.3) is 17.0 Å². The van der Waals surface area contributed by atoms with E-state index in [1.54, 1.807) is 12.1 Å². The number of carbonyl (C=O) groups is 1. The van der Waals surface area contributed by atoms with Gasteiger partial charge in [0.2, 0.25) is 5.52 Å². The summed E-state index contributed by atoms with van der Waals surface area (Å²) in [5, 5.41) is 12.4. The molecular formula is C25H27NO2. The number of allylic oxidation sites excluding steroid dienone is 1. The summed E-state index contributed by atoms with van der Waals surface area (Å²) < 4.78 is 0.902. The van der Waals surface area contributed by atoms with Crippen LogP contribution >= 0.6 is 0 Å². The van der Waals surface area contributed by atoms with Crippen molar-refractivity contribution in [1.29, 1.82) is 0 Å².